The Morgan fingerprint density at radius 1 is 0.829 bits per heavy atom. The average Bonchev–Trinajstić information content (AvgIpc) is 3.31. The van der Waals surface area contributed by atoms with Crippen LogP contribution in [0, 0.1) is 5.82 Å². The zero-order valence-electron chi connectivity index (χ0n) is 19.4. The number of anilines is 1. The van der Waals surface area contributed by atoms with Crippen LogP contribution in [-0.2, 0) is 11.3 Å². The molecule has 7 heteroatoms. The van der Waals surface area contributed by atoms with E-state index in [2.05, 4.69) is 15.1 Å². The van der Waals surface area contributed by atoms with Crippen LogP contribution in [0.3, 0.4) is 0 Å². The van der Waals surface area contributed by atoms with E-state index in [-0.39, 0.29) is 11.7 Å². The Kier molecular flexibility index (Phi) is 6.97. The number of piperazine rings is 1. The predicted molar refractivity (Wildman–Crippen MR) is 134 cm³/mol. The van der Waals surface area contributed by atoms with Crippen molar-refractivity contribution in [1.29, 1.82) is 0 Å². The number of oxazole rings is 1. The Morgan fingerprint density at radius 3 is 2.09 bits per heavy atom. The lowest BCUT2D eigenvalue weighted by atomic mass is 10.1. The summed E-state index contributed by atoms with van der Waals surface area (Å²) in [5, 5.41) is 2.82. The molecule has 2 heterocycles. The summed E-state index contributed by atoms with van der Waals surface area (Å²) in [6.07, 6.45) is 0. The second-order valence-corrected chi connectivity index (χ2v) is 8.62. The number of rotatable bonds is 7. The molecular formula is C28H27FN4O2. The molecule has 35 heavy (non-hydrogen) atoms. The van der Waals surface area contributed by atoms with Crippen molar-refractivity contribution in [3.8, 4) is 22.6 Å². The van der Waals surface area contributed by atoms with Crippen LogP contribution in [0.1, 0.15) is 5.89 Å². The highest BCUT2D eigenvalue weighted by Crippen LogP contribution is 2.33. The van der Waals surface area contributed by atoms with Crippen molar-refractivity contribution in [1.82, 2.24) is 14.8 Å². The molecule has 0 aliphatic carbocycles. The van der Waals surface area contributed by atoms with Gasteiger partial charge in [0, 0.05) is 43.0 Å². The molecule has 5 rings (SSSR count). The number of carbonyl (C=O) groups is 1. The monoisotopic (exact) mass is 470 g/mol. The number of carbonyl (C=O) groups excluding carboxylic acids is 1. The van der Waals surface area contributed by atoms with Gasteiger partial charge in [-0.1, -0.05) is 60.7 Å². The maximum atomic E-state index is 13.0. The Morgan fingerprint density at radius 2 is 1.43 bits per heavy atom. The molecule has 178 valence electrons. The summed E-state index contributed by atoms with van der Waals surface area (Å²) in [7, 11) is 0. The Hall–Kier alpha value is -3.81. The minimum atomic E-state index is -0.322. The van der Waals surface area contributed by atoms with Gasteiger partial charge in [0.2, 0.25) is 11.8 Å². The van der Waals surface area contributed by atoms with Crippen molar-refractivity contribution in [2.24, 2.45) is 0 Å². The third-order valence-electron chi connectivity index (χ3n) is 6.07. The highest BCUT2D eigenvalue weighted by Gasteiger charge is 2.22. The van der Waals surface area contributed by atoms with Gasteiger partial charge in [-0.2, -0.15) is 0 Å². The van der Waals surface area contributed by atoms with Crippen molar-refractivity contribution in [3.63, 3.8) is 0 Å². The molecule has 1 aromatic heterocycles. The van der Waals surface area contributed by atoms with E-state index >= 15 is 0 Å². The van der Waals surface area contributed by atoms with Gasteiger partial charge >= 0.3 is 0 Å². The molecule has 1 aliphatic heterocycles. The van der Waals surface area contributed by atoms with Crippen molar-refractivity contribution in [2.75, 3.05) is 38.0 Å². The zero-order chi connectivity index (χ0) is 24.0. The summed E-state index contributed by atoms with van der Waals surface area (Å²) in [5.41, 5.74) is 3.48. The first-order valence-electron chi connectivity index (χ1n) is 11.7. The minimum Gasteiger partial charge on any atom is -0.439 e. The molecule has 4 aromatic rings. The number of amides is 1. The molecule has 0 unspecified atom stereocenters. The maximum Gasteiger partial charge on any atom is 0.238 e. The Balaban J connectivity index is 1.20. The first-order valence-corrected chi connectivity index (χ1v) is 11.7. The highest BCUT2D eigenvalue weighted by molar-refractivity contribution is 5.92. The number of nitrogens with zero attached hydrogens (tertiary/aromatic N) is 3. The Bertz CT molecular complexity index is 1190. The summed E-state index contributed by atoms with van der Waals surface area (Å²) >= 11 is 0. The van der Waals surface area contributed by atoms with Crippen LogP contribution in [0.5, 0.6) is 0 Å². The molecule has 6 nitrogen and oxygen atoms in total. The Labute approximate surface area is 204 Å². The second kappa shape index (κ2) is 10.6. The molecule has 0 saturated carbocycles. The van der Waals surface area contributed by atoms with E-state index in [0.717, 1.165) is 48.8 Å². The molecule has 0 spiro atoms. The van der Waals surface area contributed by atoms with E-state index in [0.29, 0.717) is 24.7 Å². The number of hydrogen-bond donors (Lipinski definition) is 1. The third-order valence-corrected chi connectivity index (χ3v) is 6.07. The van der Waals surface area contributed by atoms with Crippen LogP contribution < -0.4 is 5.32 Å². The van der Waals surface area contributed by atoms with E-state index in [1.165, 1.54) is 12.1 Å². The normalized spacial score (nSPS) is 14.7. The summed E-state index contributed by atoms with van der Waals surface area (Å²) < 4.78 is 19.3. The predicted octanol–water partition coefficient (Wildman–Crippen LogP) is 4.90. The molecule has 0 radical (unpaired) electrons. The molecule has 3 aromatic carbocycles. The van der Waals surface area contributed by atoms with E-state index in [1.807, 2.05) is 60.7 Å². The molecule has 0 bridgehead atoms. The first kappa shape index (κ1) is 23.0. The molecule has 1 saturated heterocycles. The number of aromatic nitrogens is 1. The van der Waals surface area contributed by atoms with Gasteiger partial charge in [-0.15, -0.1) is 0 Å². The number of benzene rings is 3. The lowest BCUT2D eigenvalue weighted by Gasteiger charge is -2.33. The summed E-state index contributed by atoms with van der Waals surface area (Å²) in [6, 6.07) is 25.9. The van der Waals surface area contributed by atoms with Crippen LogP contribution in [0.4, 0.5) is 10.1 Å². The standard InChI is InChI=1S/C28H27FN4O2/c29-23-11-13-24(14-12-23)30-25(34)19-32-15-17-33(18-16-32)20-26-31-27(21-7-3-1-4-8-21)28(35-26)22-9-5-2-6-10-22/h1-14H,15-20H2,(H,30,34). The van der Waals surface area contributed by atoms with Gasteiger partial charge in [-0.05, 0) is 24.3 Å². The SMILES string of the molecule is O=C(CN1CCN(Cc2nc(-c3ccccc3)c(-c3ccccc3)o2)CC1)Nc1ccc(F)cc1. The number of nitrogens with one attached hydrogen (secondary N) is 1. The van der Waals surface area contributed by atoms with E-state index in [1.54, 1.807) is 12.1 Å². The van der Waals surface area contributed by atoms with Gasteiger partial charge in [-0.3, -0.25) is 14.6 Å². The average molecular weight is 471 g/mol. The van der Waals surface area contributed by atoms with Crippen molar-refractivity contribution >= 4 is 11.6 Å². The van der Waals surface area contributed by atoms with Crippen molar-refractivity contribution < 1.29 is 13.6 Å². The first-order chi connectivity index (χ1) is 17.1. The van der Waals surface area contributed by atoms with E-state index < -0.39 is 0 Å². The minimum absolute atomic E-state index is 0.0993. The van der Waals surface area contributed by atoms with Gasteiger partial charge in [0.1, 0.15) is 11.5 Å². The summed E-state index contributed by atoms with van der Waals surface area (Å²) in [5.74, 6) is 1.04. The van der Waals surface area contributed by atoms with Crippen molar-refractivity contribution in [2.45, 2.75) is 6.54 Å². The fourth-order valence-electron chi connectivity index (χ4n) is 4.24. The van der Waals surface area contributed by atoms with Crippen LogP contribution in [0.2, 0.25) is 0 Å². The van der Waals surface area contributed by atoms with Gasteiger partial charge < -0.3 is 9.73 Å². The molecule has 1 amide bonds. The second-order valence-electron chi connectivity index (χ2n) is 8.62. The molecule has 0 atom stereocenters. The van der Waals surface area contributed by atoms with Crippen LogP contribution in [-0.4, -0.2) is 53.4 Å². The fourth-order valence-corrected chi connectivity index (χ4v) is 4.24. The largest absolute Gasteiger partial charge is 0.439 e. The number of halogens is 1. The molecule has 1 fully saturated rings. The molecule has 1 aliphatic rings. The van der Waals surface area contributed by atoms with E-state index in [9.17, 15) is 9.18 Å². The quantitative estimate of drug-likeness (QED) is 0.416. The smallest absolute Gasteiger partial charge is 0.238 e. The highest BCUT2D eigenvalue weighted by atomic mass is 19.1. The lowest BCUT2D eigenvalue weighted by molar-refractivity contribution is -0.117. The van der Waals surface area contributed by atoms with Gasteiger partial charge in [0.25, 0.3) is 0 Å². The van der Waals surface area contributed by atoms with Crippen LogP contribution >= 0.6 is 0 Å². The van der Waals surface area contributed by atoms with Gasteiger partial charge in [0.15, 0.2) is 5.76 Å². The molecular weight excluding hydrogens is 443 g/mol. The van der Waals surface area contributed by atoms with E-state index in [4.69, 9.17) is 9.40 Å². The van der Waals surface area contributed by atoms with Gasteiger partial charge in [-0.25, -0.2) is 9.37 Å². The van der Waals surface area contributed by atoms with Crippen LogP contribution in [0.15, 0.2) is 89.3 Å². The van der Waals surface area contributed by atoms with Crippen molar-refractivity contribution in [3.05, 3.63) is 96.6 Å². The third kappa shape index (κ3) is 5.82. The molecule has 1 N–H and O–H groups in total. The lowest BCUT2D eigenvalue weighted by Crippen LogP contribution is -2.48. The van der Waals surface area contributed by atoms with Gasteiger partial charge in [0.05, 0.1) is 13.1 Å². The summed E-state index contributed by atoms with van der Waals surface area (Å²) in [4.78, 5) is 21.6. The maximum absolute atomic E-state index is 13.0. The topological polar surface area (TPSA) is 61.6 Å². The summed E-state index contributed by atoms with van der Waals surface area (Å²) in [6.45, 7) is 4.09. The number of hydrogen-bond acceptors (Lipinski definition) is 5. The zero-order valence-corrected chi connectivity index (χ0v) is 19.4. The van der Waals surface area contributed by atoms with Crippen LogP contribution in [0.25, 0.3) is 22.6 Å². The fraction of sp³-hybridized carbons (Fsp3) is 0.214.